The molecule has 2 N–H and O–H groups in total. The van der Waals surface area contributed by atoms with Crippen molar-refractivity contribution in [3.63, 3.8) is 0 Å². The first-order valence-electron chi connectivity index (χ1n) is 9.19. The summed E-state index contributed by atoms with van der Waals surface area (Å²) in [5.41, 5.74) is 0.652. The first kappa shape index (κ1) is 21.7. The highest BCUT2D eigenvalue weighted by Gasteiger charge is 2.32. The molecule has 3 unspecified atom stereocenters. The second-order valence-corrected chi connectivity index (χ2v) is 7.29. The van der Waals surface area contributed by atoms with Crippen LogP contribution in [-0.2, 0) is 26.9 Å². The van der Waals surface area contributed by atoms with Crippen LogP contribution < -0.4 is 0 Å². The first-order chi connectivity index (χ1) is 14.0. The number of carboxylic acids is 1. The van der Waals surface area contributed by atoms with Crippen molar-refractivity contribution in [2.45, 2.75) is 44.6 Å². The van der Waals surface area contributed by atoms with E-state index >= 15 is 0 Å². The number of rotatable bonds is 5. The predicted molar refractivity (Wildman–Crippen MR) is 97.0 cm³/mol. The van der Waals surface area contributed by atoms with Gasteiger partial charge in [-0.2, -0.15) is 23.4 Å². The molecule has 2 aromatic rings. The average Bonchev–Trinajstić information content (AvgIpc) is 2.67. The number of hydrogen-bond acceptors (Lipinski definition) is 6. The number of carbonyl (C=O) groups is 2. The van der Waals surface area contributed by atoms with E-state index in [4.69, 9.17) is 9.84 Å². The van der Waals surface area contributed by atoms with Crippen molar-refractivity contribution in [3.8, 4) is 11.3 Å². The van der Waals surface area contributed by atoms with E-state index in [1.807, 2.05) is 6.92 Å². The van der Waals surface area contributed by atoms with Crippen molar-refractivity contribution >= 4 is 11.9 Å². The van der Waals surface area contributed by atoms with Gasteiger partial charge in [-0.15, -0.1) is 0 Å². The topological polar surface area (TPSA) is 110 Å². The van der Waals surface area contributed by atoms with Crippen molar-refractivity contribution in [1.82, 2.24) is 10.2 Å². The van der Waals surface area contributed by atoms with Gasteiger partial charge in [-0.25, -0.2) is 4.79 Å². The van der Waals surface area contributed by atoms with Crippen LogP contribution in [0.15, 0.2) is 30.3 Å². The molecule has 0 saturated carbocycles. The standard InChI is InChI=1S/C20H19F3N2O5/c1-10-5-15-13(17(6-10)30-18(27)9-16(26)19(28)29)8-14(24-25-15)11-3-2-4-12(7-11)20(21,22)23/h2-4,7-8,10,16-17,26H,5-6,9H2,1H3,(H,28,29). The third kappa shape index (κ3) is 4.93. The van der Waals surface area contributed by atoms with Crippen LogP contribution in [0.2, 0.25) is 0 Å². The molecule has 0 amide bonds. The summed E-state index contributed by atoms with van der Waals surface area (Å²) in [6.45, 7) is 1.91. The molecule has 1 heterocycles. The third-order valence-corrected chi connectivity index (χ3v) is 4.81. The average molecular weight is 424 g/mol. The van der Waals surface area contributed by atoms with Gasteiger partial charge in [-0.05, 0) is 37.0 Å². The van der Waals surface area contributed by atoms with Crippen molar-refractivity contribution in [2.75, 3.05) is 0 Å². The Labute approximate surface area is 169 Å². The minimum Gasteiger partial charge on any atom is -0.479 e. The fraction of sp³-hybridized carbons (Fsp3) is 0.400. The lowest BCUT2D eigenvalue weighted by Gasteiger charge is -2.28. The number of hydrogen-bond donors (Lipinski definition) is 2. The number of carbonyl (C=O) groups excluding carboxylic acids is 1. The van der Waals surface area contributed by atoms with E-state index in [1.165, 1.54) is 18.2 Å². The minimum absolute atomic E-state index is 0.0911. The van der Waals surface area contributed by atoms with Crippen molar-refractivity contribution < 1.29 is 37.7 Å². The predicted octanol–water partition coefficient (Wildman–Crippen LogP) is 3.16. The molecule has 7 nitrogen and oxygen atoms in total. The largest absolute Gasteiger partial charge is 0.479 e. The summed E-state index contributed by atoms with van der Waals surface area (Å²) < 4.78 is 44.4. The van der Waals surface area contributed by atoms with E-state index in [9.17, 15) is 27.9 Å². The molecule has 0 fully saturated rings. The minimum atomic E-state index is -4.50. The van der Waals surface area contributed by atoms with Gasteiger partial charge in [0.15, 0.2) is 6.10 Å². The van der Waals surface area contributed by atoms with Gasteiger partial charge in [0.2, 0.25) is 0 Å². The lowest BCUT2D eigenvalue weighted by molar-refractivity contribution is -0.159. The maximum Gasteiger partial charge on any atom is 0.416 e. The van der Waals surface area contributed by atoms with Crippen molar-refractivity contribution in [3.05, 3.63) is 47.2 Å². The van der Waals surface area contributed by atoms with Crippen LogP contribution in [0.5, 0.6) is 0 Å². The van der Waals surface area contributed by atoms with Crippen LogP contribution in [0.4, 0.5) is 13.2 Å². The summed E-state index contributed by atoms with van der Waals surface area (Å²) in [5.74, 6) is -2.34. The smallest absolute Gasteiger partial charge is 0.416 e. The molecular formula is C20H19F3N2O5. The maximum atomic E-state index is 13.0. The number of ether oxygens (including phenoxy) is 1. The normalized spacial score (nSPS) is 19.6. The van der Waals surface area contributed by atoms with Gasteiger partial charge in [0.05, 0.1) is 23.4 Å². The Morgan fingerprint density at radius 1 is 1.27 bits per heavy atom. The zero-order chi connectivity index (χ0) is 22.1. The highest BCUT2D eigenvalue weighted by Crippen LogP contribution is 2.37. The second kappa shape index (κ2) is 8.39. The molecule has 0 spiro atoms. The van der Waals surface area contributed by atoms with E-state index in [0.29, 0.717) is 24.1 Å². The molecule has 0 radical (unpaired) electrons. The Balaban J connectivity index is 1.90. The molecule has 1 aliphatic rings. The third-order valence-electron chi connectivity index (χ3n) is 4.81. The van der Waals surface area contributed by atoms with E-state index in [0.717, 1.165) is 12.1 Å². The number of aliphatic hydroxyl groups is 1. The number of aliphatic carboxylic acids is 1. The molecule has 1 aliphatic carbocycles. The van der Waals surface area contributed by atoms with Crippen LogP contribution in [0, 0.1) is 5.92 Å². The molecule has 1 aromatic heterocycles. The highest BCUT2D eigenvalue weighted by molar-refractivity contribution is 5.80. The molecule has 10 heteroatoms. The molecule has 0 saturated heterocycles. The van der Waals surface area contributed by atoms with Gasteiger partial charge >= 0.3 is 18.1 Å². The number of nitrogens with zero attached hydrogens (tertiary/aromatic N) is 2. The molecular weight excluding hydrogens is 405 g/mol. The molecule has 3 rings (SSSR count). The summed E-state index contributed by atoms with van der Waals surface area (Å²) >= 11 is 0. The fourth-order valence-corrected chi connectivity index (χ4v) is 3.33. The lowest BCUT2D eigenvalue weighted by Crippen LogP contribution is -2.27. The van der Waals surface area contributed by atoms with Crippen molar-refractivity contribution in [1.29, 1.82) is 0 Å². The summed E-state index contributed by atoms with van der Waals surface area (Å²) in [4.78, 5) is 22.8. The molecule has 1 aromatic carbocycles. The Hall–Kier alpha value is -3.01. The number of esters is 1. The number of aromatic nitrogens is 2. The van der Waals surface area contributed by atoms with E-state index in [2.05, 4.69) is 10.2 Å². The summed E-state index contributed by atoms with van der Waals surface area (Å²) in [7, 11) is 0. The molecule has 0 bridgehead atoms. The van der Waals surface area contributed by atoms with Gasteiger partial charge in [0.1, 0.15) is 6.10 Å². The van der Waals surface area contributed by atoms with Crippen LogP contribution in [0.1, 0.15) is 42.7 Å². The van der Waals surface area contributed by atoms with Crippen LogP contribution >= 0.6 is 0 Å². The van der Waals surface area contributed by atoms with Crippen LogP contribution in [0.3, 0.4) is 0 Å². The maximum absolute atomic E-state index is 13.0. The monoisotopic (exact) mass is 424 g/mol. The Morgan fingerprint density at radius 3 is 2.67 bits per heavy atom. The van der Waals surface area contributed by atoms with E-state index in [-0.39, 0.29) is 17.2 Å². The number of alkyl halides is 3. The van der Waals surface area contributed by atoms with Gasteiger partial charge in [-0.1, -0.05) is 19.1 Å². The van der Waals surface area contributed by atoms with Gasteiger partial charge in [0.25, 0.3) is 0 Å². The number of halogens is 3. The Morgan fingerprint density at radius 2 is 2.00 bits per heavy atom. The quantitative estimate of drug-likeness (QED) is 0.710. The zero-order valence-electron chi connectivity index (χ0n) is 15.9. The SMILES string of the molecule is CC1Cc2nnc(-c3cccc(C(F)(F)F)c3)cc2C(OC(=O)CC(O)C(=O)O)C1. The fourth-order valence-electron chi connectivity index (χ4n) is 3.33. The van der Waals surface area contributed by atoms with Crippen LogP contribution in [0.25, 0.3) is 11.3 Å². The van der Waals surface area contributed by atoms with E-state index in [1.54, 1.807) is 0 Å². The molecule has 160 valence electrons. The van der Waals surface area contributed by atoms with Crippen LogP contribution in [-0.4, -0.2) is 38.5 Å². The molecule has 3 atom stereocenters. The number of aliphatic hydroxyl groups excluding tert-OH is 1. The highest BCUT2D eigenvalue weighted by atomic mass is 19.4. The van der Waals surface area contributed by atoms with E-state index < -0.39 is 42.3 Å². The first-order valence-corrected chi connectivity index (χ1v) is 9.19. The summed E-state index contributed by atoms with van der Waals surface area (Å²) in [6.07, 6.45) is -6.89. The lowest BCUT2D eigenvalue weighted by atomic mass is 9.85. The van der Waals surface area contributed by atoms with Gasteiger partial charge in [0, 0.05) is 11.1 Å². The number of fused-ring (bicyclic) bond motifs is 1. The van der Waals surface area contributed by atoms with Crippen molar-refractivity contribution in [2.24, 2.45) is 5.92 Å². The number of carboxylic acid groups (broad SMARTS) is 1. The molecule has 0 aliphatic heterocycles. The summed E-state index contributed by atoms with van der Waals surface area (Å²) in [6, 6.07) is 6.20. The van der Waals surface area contributed by atoms with Gasteiger partial charge in [-0.3, -0.25) is 4.79 Å². The Kier molecular flexibility index (Phi) is 6.06. The second-order valence-electron chi connectivity index (χ2n) is 7.29. The zero-order valence-corrected chi connectivity index (χ0v) is 15.9. The summed E-state index contributed by atoms with van der Waals surface area (Å²) in [5, 5.41) is 26.2. The Bertz CT molecular complexity index is 964. The number of benzene rings is 1. The molecule has 30 heavy (non-hydrogen) atoms. The van der Waals surface area contributed by atoms with Gasteiger partial charge < -0.3 is 14.9 Å².